The molecule has 0 aliphatic carbocycles. The third-order valence-electron chi connectivity index (χ3n) is 8.53. The van der Waals surface area contributed by atoms with Crippen LogP contribution >= 0.6 is 0 Å². The summed E-state index contributed by atoms with van der Waals surface area (Å²) in [6.45, 7) is 9.61. The average Bonchev–Trinajstić information content (AvgIpc) is 3.34. The Hall–Kier alpha value is -4.00. The number of aromatic nitrogens is 2. The largest absolute Gasteiger partial charge is 0.352 e. The number of amides is 1. The minimum Gasteiger partial charge on any atom is -0.352 e. The lowest BCUT2D eigenvalue weighted by Gasteiger charge is -2.44. The molecule has 1 aromatic heterocycles. The Morgan fingerprint density at radius 2 is 1.88 bits per heavy atom. The van der Waals surface area contributed by atoms with Crippen molar-refractivity contribution in [2.75, 3.05) is 56.6 Å². The van der Waals surface area contributed by atoms with Crippen LogP contribution in [0.5, 0.6) is 0 Å². The van der Waals surface area contributed by atoms with Crippen LogP contribution in [0.25, 0.3) is 10.8 Å². The molecule has 0 bridgehead atoms. The number of benzene rings is 2. The molecule has 206 valence electrons. The second kappa shape index (κ2) is 10.9. The van der Waals surface area contributed by atoms with Gasteiger partial charge in [-0.1, -0.05) is 49.0 Å². The van der Waals surface area contributed by atoms with Crippen LogP contribution in [-0.4, -0.2) is 89.5 Å². The number of nitrogens with zero attached hydrogens (tertiary/aromatic N) is 8. The second-order valence-corrected chi connectivity index (χ2v) is 11.3. The fourth-order valence-electron chi connectivity index (χ4n) is 6.15. The molecule has 6 rings (SSSR count). The maximum atomic E-state index is 12.5. The zero-order chi connectivity index (χ0) is 27.8. The molecule has 1 amide bonds. The molecule has 0 N–H and O–H groups in total. The zero-order valence-electron chi connectivity index (χ0n) is 23.3. The quantitative estimate of drug-likeness (QED) is 0.427. The summed E-state index contributed by atoms with van der Waals surface area (Å²) in [7, 11) is 4.23. The van der Waals surface area contributed by atoms with Crippen LogP contribution in [0.4, 0.5) is 11.8 Å². The molecule has 9 heteroatoms. The number of nitriles is 1. The number of rotatable bonds is 7. The van der Waals surface area contributed by atoms with E-state index in [1.807, 2.05) is 0 Å². The van der Waals surface area contributed by atoms with E-state index in [-0.39, 0.29) is 18.4 Å². The standard InChI is InChI=1S/C31H36N8O/c1-4-29(40)39-15-14-37(17-24(39)12-13-32)30-27-20-36(16-23-10-7-9-22-8-5-6-11-26(22)23)21-28(27)33-31(34-30)38-18-25(19-38)35(2)3/h4-11,24-25H,1,12,14-21H2,2-3H3. The maximum absolute atomic E-state index is 12.5. The van der Waals surface area contributed by atoms with E-state index in [9.17, 15) is 10.1 Å². The third kappa shape index (κ3) is 4.89. The minimum absolute atomic E-state index is 0.120. The lowest BCUT2D eigenvalue weighted by molar-refractivity contribution is -0.128. The number of fused-ring (bicyclic) bond motifs is 2. The topological polar surface area (TPSA) is 82.8 Å². The Balaban J connectivity index is 1.30. The highest BCUT2D eigenvalue weighted by Crippen LogP contribution is 2.35. The van der Waals surface area contributed by atoms with Gasteiger partial charge in [0.15, 0.2) is 0 Å². The maximum Gasteiger partial charge on any atom is 0.246 e. The number of piperazine rings is 1. The first-order valence-electron chi connectivity index (χ1n) is 14.0. The van der Waals surface area contributed by atoms with Crippen molar-refractivity contribution in [1.29, 1.82) is 5.26 Å². The predicted molar refractivity (Wildman–Crippen MR) is 157 cm³/mol. The molecule has 0 radical (unpaired) electrons. The summed E-state index contributed by atoms with van der Waals surface area (Å²) in [5, 5.41) is 12.0. The van der Waals surface area contributed by atoms with Crippen molar-refractivity contribution in [3.05, 3.63) is 71.9 Å². The number of carbonyl (C=O) groups excluding carboxylic acids is 1. The van der Waals surface area contributed by atoms with Crippen molar-refractivity contribution in [3.63, 3.8) is 0 Å². The first-order valence-corrected chi connectivity index (χ1v) is 14.0. The monoisotopic (exact) mass is 536 g/mol. The van der Waals surface area contributed by atoms with E-state index < -0.39 is 0 Å². The van der Waals surface area contributed by atoms with Gasteiger partial charge in [0.2, 0.25) is 11.9 Å². The average molecular weight is 537 g/mol. The molecule has 2 saturated heterocycles. The van der Waals surface area contributed by atoms with E-state index in [0.29, 0.717) is 25.7 Å². The third-order valence-corrected chi connectivity index (χ3v) is 8.53. The highest BCUT2D eigenvalue weighted by Gasteiger charge is 2.36. The van der Waals surface area contributed by atoms with Crippen LogP contribution in [0.15, 0.2) is 55.1 Å². The summed E-state index contributed by atoms with van der Waals surface area (Å²) in [5.74, 6) is 1.60. The number of hydrogen-bond acceptors (Lipinski definition) is 8. The molecular formula is C31H36N8O. The van der Waals surface area contributed by atoms with Gasteiger partial charge in [0.05, 0.1) is 24.2 Å². The molecule has 3 aliphatic rings. The van der Waals surface area contributed by atoms with Crippen LogP contribution in [-0.2, 0) is 24.4 Å². The smallest absolute Gasteiger partial charge is 0.246 e. The van der Waals surface area contributed by atoms with Gasteiger partial charge >= 0.3 is 0 Å². The van der Waals surface area contributed by atoms with Gasteiger partial charge in [0.1, 0.15) is 5.82 Å². The fraction of sp³-hybridized carbons (Fsp3) is 0.419. The number of hydrogen-bond donors (Lipinski definition) is 0. The lowest BCUT2D eigenvalue weighted by Crippen LogP contribution is -2.58. The van der Waals surface area contributed by atoms with E-state index in [1.165, 1.54) is 22.4 Å². The van der Waals surface area contributed by atoms with Crippen molar-refractivity contribution in [2.45, 2.75) is 38.1 Å². The number of anilines is 2. The molecule has 0 saturated carbocycles. The summed E-state index contributed by atoms with van der Waals surface area (Å²) in [6.07, 6.45) is 1.62. The molecule has 3 aliphatic heterocycles. The van der Waals surface area contributed by atoms with Gasteiger partial charge in [-0.2, -0.15) is 10.2 Å². The summed E-state index contributed by atoms with van der Waals surface area (Å²) in [5.41, 5.74) is 3.55. The van der Waals surface area contributed by atoms with E-state index in [0.717, 1.165) is 55.7 Å². The number of carbonyl (C=O) groups is 1. The Kier molecular flexibility index (Phi) is 7.13. The van der Waals surface area contributed by atoms with Crippen LogP contribution in [0.2, 0.25) is 0 Å². The molecule has 1 atom stereocenters. The van der Waals surface area contributed by atoms with Gasteiger partial charge in [-0.15, -0.1) is 0 Å². The summed E-state index contributed by atoms with van der Waals surface area (Å²) in [6, 6.07) is 17.6. The molecule has 2 fully saturated rings. The molecule has 3 aromatic rings. The molecule has 4 heterocycles. The Labute approximate surface area is 235 Å². The highest BCUT2D eigenvalue weighted by molar-refractivity contribution is 5.87. The van der Waals surface area contributed by atoms with Gasteiger partial charge in [0, 0.05) is 64.0 Å². The van der Waals surface area contributed by atoms with Crippen molar-refractivity contribution in [2.24, 2.45) is 0 Å². The first kappa shape index (κ1) is 26.2. The molecule has 9 nitrogen and oxygen atoms in total. The molecule has 40 heavy (non-hydrogen) atoms. The Bertz CT molecular complexity index is 1470. The van der Waals surface area contributed by atoms with Crippen molar-refractivity contribution < 1.29 is 4.79 Å². The van der Waals surface area contributed by atoms with Crippen LogP contribution in [0.3, 0.4) is 0 Å². The van der Waals surface area contributed by atoms with E-state index in [2.05, 4.69) is 88.8 Å². The van der Waals surface area contributed by atoms with E-state index in [1.54, 1.807) is 4.90 Å². The summed E-state index contributed by atoms with van der Waals surface area (Å²) < 4.78 is 0. The van der Waals surface area contributed by atoms with Gasteiger partial charge in [-0.05, 0) is 36.5 Å². The van der Waals surface area contributed by atoms with Gasteiger partial charge in [-0.25, -0.2) is 4.98 Å². The van der Waals surface area contributed by atoms with E-state index >= 15 is 0 Å². The van der Waals surface area contributed by atoms with Crippen molar-refractivity contribution >= 4 is 28.4 Å². The SMILES string of the molecule is C=CC(=O)N1CCN(c2nc(N3CC(N(C)C)C3)nc3c2CN(Cc2cccc4ccccc24)C3)CC1CC#N. The summed E-state index contributed by atoms with van der Waals surface area (Å²) in [4.78, 5) is 33.7. The Morgan fingerprint density at radius 3 is 2.65 bits per heavy atom. The van der Waals surface area contributed by atoms with Crippen LogP contribution < -0.4 is 9.80 Å². The molecule has 2 aromatic carbocycles. The van der Waals surface area contributed by atoms with Crippen LogP contribution in [0.1, 0.15) is 23.2 Å². The molecule has 1 unspecified atom stereocenters. The van der Waals surface area contributed by atoms with Gasteiger partial charge in [-0.3, -0.25) is 9.69 Å². The Morgan fingerprint density at radius 1 is 1.07 bits per heavy atom. The number of likely N-dealkylation sites (N-methyl/N-ethyl adjacent to an activating group) is 1. The predicted octanol–water partition coefficient (Wildman–Crippen LogP) is 3.01. The minimum atomic E-state index is -0.200. The van der Waals surface area contributed by atoms with Gasteiger partial charge in [0.25, 0.3) is 0 Å². The summed E-state index contributed by atoms with van der Waals surface area (Å²) >= 11 is 0. The van der Waals surface area contributed by atoms with Crippen molar-refractivity contribution in [1.82, 2.24) is 24.7 Å². The first-order chi connectivity index (χ1) is 19.4. The lowest BCUT2D eigenvalue weighted by atomic mass is 10.0. The fourth-order valence-corrected chi connectivity index (χ4v) is 6.15. The van der Waals surface area contributed by atoms with Crippen molar-refractivity contribution in [3.8, 4) is 6.07 Å². The molecular weight excluding hydrogens is 500 g/mol. The van der Waals surface area contributed by atoms with Crippen LogP contribution in [0, 0.1) is 11.3 Å². The van der Waals surface area contributed by atoms with Gasteiger partial charge < -0.3 is 19.6 Å². The second-order valence-electron chi connectivity index (χ2n) is 11.3. The zero-order valence-corrected chi connectivity index (χ0v) is 23.3. The highest BCUT2D eigenvalue weighted by atomic mass is 16.2. The normalized spacial score (nSPS) is 19.6. The molecule has 0 spiro atoms. The van der Waals surface area contributed by atoms with E-state index in [4.69, 9.17) is 9.97 Å².